The average molecular weight is 310 g/mol. The molecule has 23 heavy (non-hydrogen) atoms. The van der Waals surface area contributed by atoms with Crippen molar-refractivity contribution in [2.45, 2.75) is 19.9 Å². The van der Waals surface area contributed by atoms with Gasteiger partial charge >= 0.3 is 0 Å². The van der Waals surface area contributed by atoms with Crippen LogP contribution in [-0.4, -0.2) is 31.7 Å². The highest BCUT2D eigenvalue weighted by Crippen LogP contribution is 2.31. The van der Waals surface area contributed by atoms with Gasteiger partial charge in [0, 0.05) is 25.8 Å². The van der Waals surface area contributed by atoms with Crippen molar-refractivity contribution in [2.75, 3.05) is 26.8 Å². The summed E-state index contributed by atoms with van der Waals surface area (Å²) in [7, 11) is 1.73. The molecule has 0 amide bonds. The first-order valence-electron chi connectivity index (χ1n) is 8.08. The van der Waals surface area contributed by atoms with Crippen LogP contribution >= 0.6 is 0 Å². The lowest BCUT2D eigenvalue weighted by Crippen LogP contribution is -2.30. The van der Waals surface area contributed by atoms with E-state index >= 15 is 0 Å². The fourth-order valence-corrected chi connectivity index (χ4v) is 2.78. The van der Waals surface area contributed by atoms with E-state index in [1.807, 2.05) is 30.4 Å². The maximum atomic E-state index is 6.62. The minimum absolute atomic E-state index is 0.175. The highest BCUT2D eigenvalue weighted by Gasteiger charge is 2.22. The average Bonchev–Trinajstić information content (AvgIpc) is 2.77. The van der Waals surface area contributed by atoms with Gasteiger partial charge in [-0.2, -0.15) is 0 Å². The molecule has 0 heterocycles. The lowest BCUT2D eigenvalue weighted by Gasteiger charge is -2.29. The van der Waals surface area contributed by atoms with Crippen LogP contribution in [0.5, 0.6) is 0 Å². The molecule has 122 valence electrons. The number of nitrogens with zero attached hydrogens (tertiary/aromatic N) is 1. The molecule has 0 fully saturated rings. The third kappa shape index (κ3) is 4.23. The highest BCUT2D eigenvalue weighted by molar-refractivity contribution is 5.47. The molecular weight excluding hydrogens is 284 g/mol. The number of methoxy groups -OCH3 is 1. The number of ether oxygens (including phenoxy) is 1. The van der Waals surface area contributed by atoms with E-state index in [2.05, 4.69) is 42.7 Å². The summed E-state index contributed by atoms with van der Waals surface area (Å²) in [5.41, 5.74) is 14.5. The summed E-state index contributed by atoms with van der Waals surface area (Å²) in [6.45, 7) is 6.64. The minimum Gasteiger partial charge on any atom is -0.383 e. The van der Waals surface area contributed by atoms with Gasteiger partial charge in [0.25, 0.3) is 0 Å². The van der Waals surface area contributed by atoms with Crippen LogP contribution in [-0.2, 0) is 4.74 Å². The van der Waals surface area contributed by atoms with Crippen LogP contribution in [0.3, 0.4) is 0 Å². The van der Waals surface area contributed by atoms with Gasteiger partial charge in [0.2, 0.25) is 0 Å². The van der Waals surface area contributed by atoms with Crippen LogP contribution in [0.2, 0.25) is 0 Å². The van der Waals surface area contributed by atoms with Gasteiger partial charge < -0.3 is 15.4 Å². The SMILES string of the molecule is CCN(CCOC)C1=C=CC=CC(C)=C1C(N)c1ccccc1. The Hall–Kier alpha value is -2.06. The minimum atomic E-state index is -0.175. The molecule has 3 heteroatoms. The van der Waals surface area contributed by atoms with Crippen molar-refractivity contribution in [3.63, 3.8) is 0 Å². The van der Waals surface area contributed by atoms with Crippen molar-refractivity contribution in [3.05, 3.63) is 76.7 Å². The van der Waals surface area contributed by atoms with Gasteiger partial charge in [0.1, 0.15) is 0 Å². The lowest BCUT2D eigenvalue weighted by molar-refractivity contribution is 0.167. The van der Waals surface area contributed by atoms with E-state index in [4.69, 9.17) is 10.5 Å². The Balaban J connectivity index is 2.43. The second-order valence-electron chi connectivity index (χ2n) is 5.58. The Bertz CT molecular complexity index is 637. The normalized spacial score (nSPS) is 15.4. The number of likely N-dealkylation sites (N-methyl/N-ethyl adjacent to an activating group) is 1. The van der Waals surface area contributed by atoms with Crippen molar-refractivity contribution in [1.29, 1.82) is 0 Å². The molecule has 1 aromatic carbocycles. The zero-order valence-corrected chi connectivity index (χ0v) is 14.3. The molecule has 1 unspecified atom stereocenters. The monoisotopic (exact) mass is 310 g/mol. The van der Waals surface area contributed by atoms with Crippen LogP contribution < -0.4 is 5.73 Å². The van der Waals surface area contributed by atoms with Crippen molar-refractivity contribution in [3.8, 4) is 0 Å². The predicted molar refractivity (Wildman–Crippen MR) is 95.9 cm³/mol. The number of rotatable bonds is 7. The fourth-order valence-electron chi connectivity index (χ4n) is 2.78. The number of nitrogens with two attached hydrogens (primary N) is 1. The topological polar surface area (TPSA) is 38.5 Å². The molecule has 1 aliphatic rings. The summed E-state index contributed by atoms with van der Waals surface area (Å²) in [6.07, 6.45) is 6.07. The Kier molecular flexibility index (Phi) is 6.42. The van der Waals surface area contributed by atoms with Crippen molar-refractivity contribution >= 4 is 0 Å². The summed E-state index contributed by atoms with van der Waals surface area (Å²) < 4.78 is 5.25. The van der Waals surface area contributed by atoms with Crippen LogP contribution in [0.15, 0.2) is 71.1 Å². The summed E-state index contributed by atoms with van der Waals surface area (Å²) >= 11 is 0. The van der Waals surface area contributed by atoms with Gasteiger partial charge in [-0.3, -0.25) is 0 Å². The van der Waals surface area contributed by atoms with E-state index in [-0.39, 0.29) is 6.04 Å². The molecule has 1 atom stereocenters. The van der Waals surface area contributed by atoms with Crippen molar-refractivity contribution in [1.82, 2.24) is 4.90 Å². The Labute approximate surface area is 139 Å². The molecule has 0 radical (unpaired) electrons. The predicted octanol–water partition coefficient (Wildman–Crippen LogP) is 3.58. The molecule has 1 aliphatic carbocycles. The first-order valence-corrected chi connectivity index (χ1v) is 8.08. The first kappa shape index (κ1) is 17.3. The van der Waals surface area contributed by atoms with E-state index < -0.39 is 0 Å². The Morgan fingerprint density at radius 1 is 1.26 bits per heavy atom. The number of allylic oxidation sites excluding steroid dienone is 3. The highest BCUT2D eigenvalue weighted by atomic mass is 16.5. The molecule has 2 rings (SSSR count). The van der Waals surface area contributed by atoms with E-state index in [0.717, 1.165) is 29.9 Å². The van der Waals surface area contributed by atoms with Gasteiger partial charge in [-0.1, -0.05) is 48.2 Å². The van der Waals surface area contributed by atoms with Gasteiger partial charge in [-0.05, 0) is 31.1 Å². The molecule has 0 saturated carbocycles. The zero-order valence-electron chi connectivity index (χ0n) is 14.3. The lowest BCUT2D eigenvalue weighted by atomic mass is 9.92. The smallest absolute Gasteiger partial charge is 0.0855 e. The molecule has 0 spiro atoms. The third-order valence-corrected chi connectivity index (χ3v) is 4.08. The number of hydrogen-bond donors (Lipinski definition) is 1. The van der Waals surface area contributed by atoms with E-state index in [1.165, 1.54) is 5.57 Å². The standard InChI is InChI=1S/C20H26N2O/c1-4-22(14-15-23-3)18-13-9-8-10-16(2)19(18)20(21)17-11-6-5-7-12-17/h5-12,20H,4,14-15,21H2,1-3H3. The summed E-state index contributed by atoms with van der Waals surface area (Å²) in [4.78, 5) is 2.27. The van der Waals surface area contributed by atoms with Crippen LogP contribution in [0, 0.1) is 0 Å². The van der Waals surface area contributed by atoms with Gasteiger partial charge in [0.05, 0.1) is 18.3 Å². The van der Waals surface area contributed by atoms with Gasteiger partial charge in [0.15, 0.2) is 0 Å². The van der Waals surface area contributed by atoms with Crippen molar-refractivity contribution in [2.24, 2.45) is 5.73 Å². The maximum Gasteiger partial charge on any atom is 0.0855 e. The molecule has 0 bridgehead atoms. The molecule has 1 aromatic rings. The summed E-state index contributed by atoms with van der Waals surface area (Å²) in [5.74, 6) is 0. The number of hydrogen-bond acceptors (Lipinski definition) is 3. The first-order chi connectivity index (χ1) is 11.2. The molecule has 0 saturated heterocycles. The fraction of sp³-hybridized carbons (Fsp3) is 0.350. The van der Waals surface area contributed by atoms with Crippen molar-refractivity contribution < 1.29 is 4.74 Å². The molecule has 3 nitrogen and oxygen atoms in total. The number of benzene rings is 1. The maximum absolute atomic E-state index is 6.62. The Morgan fingerprint density at radius 2 is 2.00 bits per heavy atom. The second kappa shape index (κ2) is 8.54. The van der Waals surface area contributed by atoms with Crippen LogP contribution in [0.1, 0.15) is 25.5 Å². The van der Waals surface area contributed by atoms with Crippen LogP contribution in [0.25, 0.3) is 0 Å². The molecule has 2 N–H and O–H groups in total. The summed E-state index contributed by atoms with van der Waals surface area (Å²) in [5, 5.41) is 0. The Morgan fingerprint density at radius 3 is 2.65 bits per heavy atom. The van der Waals surface area contributed by atoms with Gasteiger partial charge in [-0.15, -0.1) is 0 Å². The molecular formula is C20H26N2O. The largest absolute Gasteiger partial charge is 0.383 e. The molecule has 0 aliphatic heterocycles. The molecule has 0 aromatic heterocycles. The summed E-state index contributed by atoms with van der Waals surface area (Å²) in [6, 6.07) is 10.0. The van der Waals surface area contributed by atoms with E-state index in [0.29, 0.717) is 6.61 Å². The van der Waals surface area contributed by atoms with E-state index in [9.17, 15) is 0 Å². The third-order valence-electron chi connectivity index (χ3n) is 4.08. The quantitative estimate of drug-likeness (QED) is 0.782. The van der Waals surface area contributed by atoms with Gasteiger partial charge in [-0.25, -0.2) is 0 Å². The second-order valence-corrected chi connectivity index (χ2v) is 5.58. The van der Waals surface area contributed by atoms with Crippen LogP contribution in [0.4, 0.5) is 0 Å². The van der Waals surface area contributed by atoms with E-state index in [1.54, 1.807) is 7.11 Å². The zero-order chi connectivity index (χ0) is 16.7.